The number of carbonyl (C=O) groups excluding carboxylic acids is 2. The van der Waals surface area contributed by atoms with E-state index >= 15 is 0 Å². The maximum Gasteiger partial charge on any atom is 0.229 e. The zero-order valence-corrected chi connectivity index (χ0v) is 17.2. The van der Waals surface area contributed by atoms with Gasteiger partial charge in [-0.15, -0.1) is 0 Å². The Kier molecular flexibility index (Phi) is 5.90. The number of nitrogens with zero attached hydrogens (tertiary/aromatic N) is 1. The van der Waals surface area contributed by atoms with Crippen LogP contribution in [0.5, 0.6) is 0 Å². The molecule has 1 N–H and O–H groups in total. The van der Waals surface area contributed by atoms with Gasteiger partial charge in [0.05, 0.1) is 16.6 Å². The van der Waals surface area contributed by atoms with Crippen molar-refractivity contribution in [1.29, 1.82) is 0 Å². The van der Waals surface area contributed by atoms with Gasteiger partial charge in [-0.2, -0.15) is 0 Å². The number of hydrogen-bond acceptors (Lipinski definition) is 2. The van der Waals surface area contributed by atoms with E-state index in [0.717, 1.165) is 22.1 Å². The highest BCUT2D eigenvalue weighted by molar-refractivity contribution is 9.10. The van der Waals surface area contributed by atoms with Gasteiger partial charge in [0.25, 0.3) is 0 Å². The van der Waals surface area contributed by atoms with Crippen LogP contribution in [-0.4, -0.2) is 18.4 Å². The van der Waals surface area contributed by atoms with Crippen molar-refractivity contribution in [2.75, 3.05) is 16.8 Å². The molecule has 7 heteroatoms. The molecule has 0 aliphatic carbocycles. The molecule has 0 unspecified atom stereocenters. The van der Waals surface area contributed by atoms with Gasteiger partial charge in [-0.05, 0) is 48.4 Å². The zero-order valence-electron chi connectivity index (χ0n) is 14.1. The van der Waals surface area contributed by atoms with Crippen molar-refractivity contribution >= 4 is 62.3 Å². The second kappa shape index (κ2) is 7.99. The fraction of sp³-hybridized carbons (Fsp3) is 0.263. The summed E-state index contributed by atoms with van der Waals surface area (Å²) in [5.74, 6) is -0.747. The maximum atomic E-state index is 12.7. The summed E-state index contributed by atoms with van der Waals surface area (Å²) >= 11 is 15.6. The molecule has 136 valence electrons. The van der Waals surface area contributed by atoms with Gasteiger partial charge in [0.2, 0.25) is 11.8 Å². The minimum atomic E-state index is -0.439. The Morgan fingerprint density at radius 2 is 2.04 bits per heavy atom. The molecule has 0 spiro atoms. The highest BCUT2D eigenvalue weighted by Crippen LogP contribution is 2.34. The molecule has 4 nitrogen and oxygen atoms in total. The van der Waals surface area contributed by atoms with Crippen molar-refractivity contribution in [3.63, 3.8) is 0 Å². The van der Waals surface area contributed by atoms with Crippen molar-refractivity contribution in [2.24, 2.45) is 5.92 Å². The third kappa shape index (κ3) is 4.05. The average Bonchev–Trinajstić information content (AvgIpc) is 3.00. The van der Waals surface area contributed by atoms with E-state index < -0.39 is 5.92 Å². The lowest BCUT2D eigenvalue weighted by atomic mass is 10.1. The first-order chi connectivity index (χ1) is 12.4. The molecular formula is C19H17BrCl2N2O2. The summed E-state index contributed by atoms with van der Waals surface area (Å²) in [5.41, 5.74) is 2.34. The number of anilines is 2. The van der Waals surface area contributed by atoms with E-state index in [1.54, 1.807) is 18.2 Å². The predicted molar refractivity (Wildman–Crippen MR) is 109 cm³/mol. The second-order valence-electron chi connectivity index (χ2n) is 6.15. The fourth-order valence-corrected chi connectivity index (χ4v) is 3.81. The fourth-order valence-electron chi connectivity index (χ4n) is 3.02. The van der Waals surface area contributed by atoms with E-state index in [0.29, 0.717) is 15.7 Å². The van der Waals surface area contributed by atoms with E-state index in [1.165, 1.54) is 4.90 Å². The van der Waals surface area contributed by atoms with Crippen LogP contribution in [0.15, 0.2) is 40.9 Å². The molecule has 1 saturated heterocycles. The highest BCUT2D eigenvalue weighted by Gasteiger charge is 2.36. The summed E-state index contributed by atoms with van der Waals surface area (Å²) < 4.78 is 0.963. The van der Waals surface area contributed by atoms with E-state index in [9.17, 15) is 9.59 Å². The summed E-state index contributed by atoms with van der Waals surface area (Å²) in [4.78, 5) is 26.6. The lowest BCUT2D eigenvalue weighted by molar-refractivity contribution is -0.122. The Bertz CT molecular complexity index is 873. The molecule has 3 rings (SSSR count). The molecule has 26 heavy (non-hydrogen) atoms. The molecule has 1 heterocycles. The normalized spacial score (nSPS) is 16.8. The standard InChI is InChI=1S/C19H17BrCl2N2O2/c1-2-11-7-13(20)3-6-16(11)23-19(26)12-8-18(25)24(10-12)17-9-14(21)4-5-15(17)22/h3-7,9,12H,2,8,10H2,1H3,(H,23,26)/t12-/m0/s1. The number of rotatable bonds is 4. The first-order valence-electron chi connectivity index (χ1n) is 8.23. The van der Waals surface area contributed by atoms with E-state index in [1.807, 2.05) is 25.1 Å². The SMILES string of the molecule is CCc1cc(Br)ccc1NC(=O)[C@H]1CC(=O)N(c2cc(Cl)ccc2Cl)C1. The van der Waals surface area contributed by atoms with Gasteiger partial charge in [-0.25, -0.2) is 0 Å². The van der Waals surface area contributed by atoms with Crippen molar-refractivity contribution in [1.82, 2.24) is 0 Å². The Labute approximate surface area is 170 Å². The van der Waals surface area contributed by atoms with Gasteiger partial charge in [-0.1, -0.05) is 46.1 Å². The van der Waals surface area contributed by atoms with Crippen LogP contribution in [0.1, 0.15) is 18.9 Å². The number of carbonyl (C=O) groups is 2. The van der Waals surface area contributed by atoms with Crippen LogP contribution in [0.25, 0.3) is 0 Å². The van der Waals surface area contributed by atoms with E-state index in [2.05, 4.69) is 21.2 Å². The number of halogens is 3. The third-order valence-corrected chi connectivity index (χ3v) is 5.45. The number of amides is 2. The Morgan fingerprint density at radius 3 is 2.77 bits per heavy atom. The largest absolute Gasteiger partial charge is 0.326 e. The maximum absolute atomic E-state index is 12.7. The molecule has 0 bridgehead atoms. The van der Waals surface area contributed by atoms with Crippen molar-refractivity contribution in [3.8, 4) is 0 Å². The summed E-state index contributed by atoms with van der Waals surface area (Å²) in [6.07, 6.45) is 0.940. The van der Waals surface area contributed by atoms with Gasteiger partial charge in [0.1, 0.15) is 0 Å². The molecule has 1 aliphatic rings. The van der Waals surface area contributed by atoms with Crippen LogP contribution in [0, 0.1) is 5.92 Å². The molecule has 1 fully saturated rings. The minimum Gasteiger partial charge on any atom is -0.326 e. The smallest absolute Gasteiger partial charge is 0.229 e. The molecule has 2 amide bonds. The first kappa shape index (κ1) is 19.2. The lowest BCUT2D eigenvalue weighted by Gasteiger charge is -2.18. The van der Waals surface area contributed by atoms with Crippen LogP contribution in [-0.2, 0) is 16.0 Å². The number of benzene rings is 2. The van der Waals surface area contributed by atoms with Crippen LogP contribution in [0.2, 0.25) is 10.0 Å². The summed E-state index contributed by atoms with van der Waals surface area (Å²) in [7, 11) is 0. The molecule has 2 aromatic carbocycles. The molecule has 2 aromatic rings. The van der Waals surface area contributed by atoms with E-state index in [-0.39, 0.29) is 24.8 Å². The average molecular weight is 456 g/mol. The monoisotopic (exact) mass is 454 g/mol. The predicted octanol–water partition coefficient (Wildman–Crippen LogP) is 5.31. The van der Waals surface area contributed by atoms with Gasteiger partial charge >= 0.3 is 0 Å². The molecule has 0 radical (unpaired) electrons. The first-order valence-corrected chi connectivity index (χ1v) is 9.78. The van der Waals surface area contributed by atoms with Crippen LogP contribution < -0.4 is 10.2 Å². The van der Waals surface area contributed by atoms with Crippen LogP contribution >= 0.6 is 39.1 Å². The Morgan fingerprint density at radius 1 is 1.27 bits per heavy atom. The van der Waals surface area contributed by atoms with Crippen molar-refractivity contribution in [3.05, 3.63) is 56.5 Å². The highest BCUT2D eigenvalue weighted by atomic mass is 79.9. The lowest BCUT2D eigenvalue weighted by Crippen LogP contribution is -2.28. The molecular weight excluding hydrogens is 439 g/mol. The topological polar surface area (TPSA) is 49.4 Å². The molecule has 0 saturated carbocycles. The van der Waals surface area contributed by atoms with Gasteiger partial charge in [-0.3, -0.25) is 9.59 Å². The zero-order chi connectivity index (χ0) is 18.8. The number of aryl methyl sites for hydroxylation is 1. The van der Waals surface area contributed by atoms with E-state index in [4.69, 9.17) is 23.2 Å². The summed E-state index contributed by atoms with van der Waals surface area (Å²) in [6.45, 7) is 2.31. The van der Waals surface area contributed by atoms with Gasteiger partial charge in [0.15, 0.2) is 0 Å². The molecule has 0 aromatic heterocycles. The minimum absolute atomic E-state index is 0.138. The van der Waals surface area contributed by atoms with Crippen LogP contribution in [0.4, 0.5) is 11.4 Å². The molecule has 1 atom stereocenters. The summed E-state index contributed by atoms with van der Waals surface area (Å²) in [5, 5.41) is 3.88. The van der Waals surface area contributed by atoms with Gasteiger partial charge in [0, 0.05) is 28.1 Å². The second-order valence-corrected chi connectivity index (χ2v) is 7.90. The van der Waals surface area contributed by atoms with Crippen molar-refractivity contribution < 1.29 is 9.59 Å². The Balaban J connectivity index is 1.76. The number of nitrogens with one attached hydrogen (secondary N) is 1. The van der Waals surface area contributed by atoms with Gasteiger partial charge < -0.3 is 10.2 Å². The summed E-state index contributed by atoms with van der Waals surface area (Å²) in [6, 6.07) is 10.7. The Hall–Kier alpha value is -1.56. The van der Waals surface area contributed by atoms with Crippen molar-refractivity contribution in [2.45, 2.75) is 19.8 Å². The third-order valence-electron chi connectivity index (χ3n) is 4.40. The molecule has 1 aliphatic heterocycles. The van der Waals surface area contributed by atoms with Crippen LogP contribution in [0.3, 0.4) is 0 Å². The quantitative estimate of drug-likeness (QED) is 0.678. The number of hydrogen-bond donors (Lipinski definition) is 1.